The second kappa shape index (κ2) is 6.25. The van der Waals surface area contributed by atoms with Crippen LogP contribution in [0.1, 0.15) is 44.9 Å². The third kappa shape index (κ3) is 3.61. The van der Waals surface area contributed by atoms with Crippen LogP contribution in [-0.4, -0.2) is 25.0 Å². The van der Waals surface area contributed by atoms with Crippen molar-refractivity contribution in [1.82, 2.24) is 10.6 Å². The molecule has 1 amide bonds. The molecule has 0 aromatic carbocycles. The molecule has 104 valence electrons. The average molecular weight is 273 g/mol. The van der Waals surface area contributed by atoms with E-state index in [0.717, 1.165) is 31.3 Å². The molecule has 1 atom stereocenters. The van der Waals surface area contributed by atoms with Gasteiger partial charge in [0.25, 0.3) is 0 Å². The number of carbonyl (C=O) groups is 1. The highest BCUT2D eigenvalue weighted by molar-refractivity contribution is 5.85. The number of hydrogen-bond donors (Lipinski definition) is 2. The van der Waals surface area contributed by atoms with Crippen LogP contribution in [-0.2, 0) is 4.79 Å². The van der Waals surface area contributed by atoms with Gasteiger partial charge in [0.1, 0.15) is 0 Å². The highest BCUT2D eigenvalue weighted by atomic mass is 35.5. The first-order valence-electron chi connectivity index (χ1n) is 7.35. The number of halogens is 1. The van der Waals surface area contributed by atoms with E-state index >= 15 is 0 Å². The van der Waals surface area contributed by atoms with Gasteiger partial charge in [0, 0.05) is 18.5 Å². The molecule has 2 N–H and O–H groups in total. The van der Waals surface area contributed by atoms with Crippen molar-refractivity contribution in [2.45, 2.75) is 51.0 Å². The average Bonchev–Trinajstić information content (AvgIpc) is 3.24. The Balaban J connectivity index is 0.00000120. The lowest BCUT2D eigenvalue weighted by atomic mass is 9.97. The predicted octanol–water partition coefficient (Wildman–Crippen LogP) is 2.10. The zero-order valence-corrected chi connectivity index (χ0v) is 11.8. The highest BCUT2D eigenvalue weighted by Crippen LogP contribution is 2.49. The van der Waals surface area contributed by atoms with Crippen molar-refractivity contribution in [2.24, 2.45) is 17.8 Å². The molecule has 1 aliphatic heterocycles. The van der Waals surface area contributed by atoms with E-state index in [-0.39, 0.29) is 12.4 Å². The van der Waals surface area contributed by atoms with E-state index in [1.807, 2.05) is 0 Å². The molecule has 3 nitrogen and oxygen atoms in total. The van der Waals surface area contributed by atoms with Gasteiger partial charge in [0.2, 0.25) is 5.91 Å². The molecule has 0 radical (unpaired) electrons. The summed E-state index contributed by atoms with van der Waals surface area (Å²) < 4.78 is 0. The van der Waals surface area contributed by atoms with Crippen LogP contribution >= 0.6 is 12.4 Å². The van der Waals surface area contributed by atoms with Gasteiger partial charge >= 0.3 is 0 Å². The highest BCUT2D eigenvalue weighted by Gasteiger charge is 2.45. The lowest BCUT2D eigenvalue weighted by Crippen LogP contribution is -2.36. The minimum absolute atomic E-state index is 0. The van der Waals surface area contributed by atoms with Gasteiger partial charge < -0.3 is 10.6 Å². The van der Waals surface area contributed by atoms with Crippen molar-refractivity contribution in [3.8, 4) is 0 Å². The van der Waals surface area contributed by atoms with E-state index in [1.165, 1.54) is 38.5 Å². The molecular weight excluding hydrogens is 248 g/mol. The summed E-state index contributed by atoms with van der Waals surface area (Å²) in [6, 6.07) is 0.649. The first kappa shape index (κ1) is 14.1. The van der Waals surface area contributed by atoms with E-state index in [2.05, 4.69) is 10.6 Å². The summed E-state index contributed by atoms with van der Waals surface area (Å²) in [6.07, 6.45) is 8.85. The fourth-order valence-corrected chi connectivity index (χ4v) is 3.21. The van der Waals surface area contributed by atoms with Crippen molar-refractivity contribution in [3.63, 3.8) is 0 Å². The molecule has 3 fully saturated rings. The summed E-state index contributed by atoms with van der Waals surface area (Å²) in [6.45, 7) is 2.03. The monoisotopic (exact) mass is 272 g/mol. The normalized spacial score (nSPS) is 27.1. The van der Waals surface area contributed by atoms with E-state index in [4.69, 9.17) is 0 Å². The molecule has 0 spiro atoms. The van der Waals surface area contributed by atoms with Gasteiger partial charge in [0.15, 0.2) is 0 Å². The van der Waals surface area contributed by atoms with Gasteiger partial charge in [-0.1, -0.05) is 0 Å². The molecule has 1 heterocycles. The zero-order chi connectivity index (χ0) is 11.7. The summed E-state index contributed by atoms with van der Waals surface area (Å²) in [5, 5.41) is 6.65. The topological polar surface area (TPSA) is 41.1 Å². The van der Waals surface area contributed by atoms with Crippen LogP contribution in [0.5, 0.6) is 0 Å². The Morgan fingerprint density at radius 1 is 1.17 bits per heavy atom. The summed E-state index contributed by atoms with van der Waals surface area (Å²) in [7, 11) is 0. The maximum Gasteiger partial charge on any atom is 0.223 e. The van der Waals surface area contributed by atoms with E-state index in [0.29, 0.717) is 17.9 Å². The maximum atomic E-state index is 12.1. The first-order valence-corrected chi connectivity index (χ1v) is 7.35. The molecular formula is C14H25ClN2O. The molecule has 2 aliphatic carbocycles. The van der Waals surface area contributed by atoms with Gasteiger partial charge in [-0.2, -0.15) is 0 Å². The van der Waals surface area contributed by atoms with Crippen LogP contribution in [0.15, 0.2) is 0 Å². The summed E-state index contributed by atoms with van der Waals surface area (Å²) in [5.41, 5.74) is 0. The molecule has 0 unspecified atom stereocenters. The van der Waals surface area contributed by atoms with Crippen molar-refractivity contribution in [1.29, 1.82) is 0 Å². The molecule has 4 heteroatoms. The fraction of sp³-hybridized carbons (Fsp3) is 0.929. The molecule has 3 rings (SSSR count). The molecule has 3 aliphatic rings. The van der Waals surface area contributed by atoms with Crippen LogP contribution in [0.3, 0.4) is 0 Å². The smallest absolute Gasteiger partial charge is 0.223 e. The molecule has 2 saturated carbocycles. The number of hydrogen-bond acceptors (Lipinski definition) is 2. The second-order valence-corrected chi connectivity index (χ2v) is 6.07. The summed E-state index contributed by atoms with van der Waals surface area (Å²) >= 11 is 0. The molecule has 0 aromatic rings. The van der Waals surface area contributed by atoms with Crippen molar-refractivity contribution < 1.29 is 4.79 Å². The largest absolute Gasteiger partial charge is 0.356 e. The molecule has 0 bridgehead atoms. The van der Waals surface area contributed by atoms with E-state index in [9.17, 15) is 4.79 Å². The Labute approximate surface area is 116 Å². The van der Waals surface area contributed by atoms with Crippen molar-refractivity contribution in [2.75, 3.05) is 13.1 Å². The van der Waals surface area contributed by atoms with Gasteiger partial charge in [0.05, 0.1) is 0 Å². The van der Waals surface area contributed by atoms with Gasteiger partial charge in [-0.3, -0.25) is 4.79 Å². The number of amides is 1. The maximum absolute atomic E-state index is 12.1. The second-order valence-electron chi connectivity index (χ2n) is 6.07. The van der Waals surface area contributed by atoms with Gasteiger partial charge in [-0.15, -0.1) is 12.4 Å². The quantitative estimate of drug-likeness (QED) is 0.778. The van der Waals surface area contributed by atoms with Crippen molar-refractivity contribution in [3.05, 3.63) is 0 Å². The Morgan fingerprint density at radius 3 is 2.33 bits per heavy atom. The van der Waals surface area contributed by atoms with E-state index in [1.54, 1.807) is 0 Å². The first-order chi connectivity index (χ1) is 8.34. The Kier molecular flexibility index (Phi) is 4.91. The Hall–Kier alpha value is -0.280. The predicted molar refractivity (Wildman–Crippen MR) is 74.8 cm³/mol. The van der Waals surface area contributed by atoms with Crippen LogP contribution in [0.4, 0.5) is 0 Å². The lowest BCUT2D eigenvalue weighted by molar-refractivity contribution is -0.126. The number of carbonyl (C=O) groups excluding carboxylic acids is 1. The fourth-order valence-electron chi connectivity index (χ4n) is 3.21. The van der Waals surface area contributed by atoms with Gasteiger partial charge in [-0.25, -0.2) is 0 Å². The van der Waals surface area contributed by atoms with Crippen LogP contribution in [0.25, 0.3) is 0 Å². The number of rotatable bonds is 6. The van der Waals surface area contributed by atoms with Crippen LogP contribution in [0.2, 0.25) is 0 Å². The number of nitrogens with one attached hydrogen (secondary N) is 2. The molecule has 18 heavy (non-hydrogen) atoms. The Morgan fingerprint density at radius 2 is 1.83 bits per heavy atom. The zero-order valence-electron chi connectivity index (χ0n) is 11.0. The minimum Gasteiger partial charge on any atom is -0.356 e. The Bertz CT molecular complexity index is 272. The third-order valence-corrected chi connectivity index (χ3v) is 4.52. The third-order valence-electron chi connectivity index (χ3n) is 4.52. The van der Waals surface area contributed by atoms with E-state index < -0.39 is 0 Å². The lowest BCUT2D eigenvalue weighted by Gasteiger charge is -2.16. The summed E-state index contributed by atoms with van der Waals surface area (Å²) in [5.74, 6) is 2.18. The van der Waals surface area contributed by atoms with Crippen molar-refractivity contribution >= 4 is 18.3 Å². The standard InChI is InChI=1S/C14H24N2O.ClH/c17-14(13(10-3-4-10)11-5-6-11)16-9-7-12-2-1-8-15-12;/h10-13,15H,1-9H2,(H,16,17);1H/t12-;/m1./s1. The molecule has 1 saturated heterocycles. The molecule has 0 aromatic heterocycles. The van der Waals surface area contributed by atoms with Crippen LogP contribution in [0, 0.1) is 17.8 Å². The minimum atomic E-state index is 0. The van der Waals surface area contributed by atoms with Gasteiger partial charge in [-0.05, 0) is 63.3 Å². The summed E-state index contributed by atoms with van der Waals surface area (Å²) in [4.78, 5) is 12.1. The SMILES string of the molecule is Cl.O=C(NCC[C@H]1CCCN1)C(C1CC1)C1CC1. The van der Waals surface area contributed by atoms with Crippen LogP contribution < -0.4 is 10.6 Å².